The van der Waals surface area contributed by atoms with E-state index in [1.54, 1.807) is 18.2 Å². The Labute approximate surface area is 141 Å². The molecular formula is C13H7Br2ClN2O3. The maximum Gasteiger partial charge on any atom is 0.270 e. The molecule has 0 bridgehead atoms. The summed E-state index contributed by atoms with van der Waals surface area (Å²) in [5.41, 5.74) is 0.547. The van der Waals surface area contributed by atoms with Crippen molar-refractivity contribution in [2.45, 2.75) is 0 Å². The van der Waals surface area contributed by atoms with E-state index in [9.17, 15) is 14.9 Å². The summed E-state index contributed by atoms with van der Waals surface area (Å²) < 4.78 is 1.11. The van der Waals surface area contributed by atoms with E-state index >= 15 is 0 Å². The number of nitrogens with zero attached hydrogens (tertiary/aromatic N) is 1. The topological polar surface area (TPSA) is 72.2 Å². The number of nitrogens with one attached hydrogen (secondary N) is 1. The SMILES string of the molecule is O=C(Nc1ccc(Cl)c(Br)c1)c1cc([N+](=O)[O-])ccc1Br. The quantitative estimate of drug-likeness (QED) is 0.544. The third kappa shape index (κ3) is 3.81. The minimum atomic E-state index is -0.553. The number of hydrogen-bond acceptors (Lipinski definition) is 3. The van der Waals surface area contributed by atoms with Crippen molar-refractivity contribution in [2.75, 3.05) is 5.32 Å². The summed E-state index contributed by atoms with van der Waals surface area (Å²) >= 11 is 12.3. The smallest absolute Gasteiger partial charge is 0.270 e. The molecule has 8 heteroatoms. The number of nitro groups is 1. The van der Waals surface area contributed by atoms with Crippen molar-refractivity contribution >= 4 is 60.7 Å². The second-order valence-electron chi connectivity index (χ2n) is 4.00. The van der Waals surface area contributed by atoms with Crippen LogP contribution in [0.3, 0.4) is 0 Å². The number of carbonyl (C=O) groups is 1. The summed E-state index contributed by atoms with van der Waals surface area (Å²) in [4.78, 5) is 22.4. The standard InChI is InChI=1S/C13H7Br2ClN2O3/c14-10-3-2-8(18(20)21)6-9(10)13(19)17-7-1-4-12(16)11(15)5-7/h1-6H,(H,17,19). The molecule has 2 aromatic carbocycles. The first-order valence-electron chi connectivity index (χ1n) is 5.59. The Morgan fingerprint density at radius 2 is 1.86 bits per heavy atom. The van der Waals surface area contributed by atoms with Crippen LogP contribution in [0, 0.1) is 10.1 Å². The lowest BCUT2D eigenvalue weighted by Gasteiger charge is -2.08. The van der Waals surface area contributed by atoms with Gasteiger partial charge in [0.2, 0.25) is 0 Å². The van der Waals surface area contributed by atoms with Gasteiger partial charge in [-0.15, -0.1) is 0 Å². The zero-order chi connectivity index (χ0) is 15.6. The fraction of sp³-hybridized carbons (Fsp3) is 0. The largest absolute Gasteiger partial charge is 0.322 e. The van der Waals surface area contributed by atoms with Gasteiger partial charge in [0.15, 0.2) is 0 Å². The van der Waals surface area contributed by atoms with Gasteiger partial charge in [0.25, 0.3) is 11.6 Å². The molecule has 0 aliphatic rings. The van der Waals surface area contributed by atoms with E-state index in [1.165, 1.54) is 18.2 Å². The van der Waals surface area contributed by atoms with Crippen LogP contribution in [0.4, 0.5) is 11.4 Å². The number of nitro benzene ring substituents is 1. The normalized spacial score (nSPS) is 10.2. The van der Waals surface area contributed by atoms with Gasteiger partial charge in [-0.2, -0.15) is 0 Å². The molecular weight excluding hydrogens is 427 g/mol. The summed E-state index contributed by atoms with van der Waals surface area (Å²) in [6.07, 6.45) is 0. The molecule has 2 rings (SSSR count). The lowest BCUT2D eigenvalue weighted by atomic mass is 10.2. The Morgan fingerprint density at radius 3 is 2.48 bits per heavy atom. The van der Waals surface area contributed by atoms with Gasteiger partial charge in [0.1, 0.15) is 0 Å². The fourth-order valence-corrected chi connectivity index (χ4v) is 2.50. The monoisotopic (exact) mass is 432 g/mol. The number of hydrogen-bond donors (Lipinski definition) is 1. The van der Waals surface area contributed by atoms with E-state index in [1.807, 2.05) is 0 Å². The number of non-ortho nitro benzene ring substituents is 1. The van der Waals surface area contributed by atoms with Crippen molar-refractivity contribution in [1.29, 1.82) is 0 Å². The molecule has 0 radical (unpaired) electrons. The molecule has 2 aromatic rings. The Morgan fingerprint density at radius 1 is 1.14 bits per heavy atom. The van der Waals surface area contributed by atoms with E-state index < -0.39 is 10.8 Å². The van der Waals surface area contributed by atoms with Gasteiger partial charge in [-0.25, -0.2) is 0 Å². The first-order chi connectivity index (χ1) is 9.88. The van der Waals surface area contributed by atoms with Crippen LogP contribution in [-0.2, 0) is 0 Å². The van der Waals surface area contributed by atoms with Gasteiger partial charge in [0.05, 0.1) is 15.5 Å². The third-order valence-electron chi connectivity index (χ3n) is 2.58. The van der Waals surface area contributed by atoms with Crippen molar-refractivity contribution in [3.05, 3.63) is 66.0 Å². The first-order valence-corrected chi connectivity index (χ1v) is 7.55. The highest BCUT2D eigenvalue weighted by Gasteiger charge is 2.16. The third-order valence-corrected chi connectivity index (χ3v) is 4.49. The van der Waals surface area contributed by atoms with Gasteiger partial charge in [-0.1, -0.05) is 11.6 Å². The van der Waals surface area contributed by atoms with Crippen LogP contribution < -0.4 is 5.32 Å². The van der Waals surface area contributed by atoms with Crippen molar-refractivity contribution < 1.29 is 9.72 Å². The van der Waals surface area contributed by atoms with Gasteiger partial charge in [-0.3, -0.25) is 14.9 Å². The molecule has 1 N–H and O–H groups in total. The number of rotatable bonds is 3. The molecule has 0 spiro atoms. The molecule has 0 saturated carbocycles. The van der Waals surface area contributed by atoms with Crippen molar-refractivity contribution in [2.24, 2.45) is 0 Å². The number of carbonyl (C=O) groups excluding carboxylic acids is 1. The van der Waals surface area contributed by atoms with Crippen molar-refractivity contribution in [3.63, 3.8) is 0 Å². The second kappa shape index (κ2) is 6.55. The highest BCUT2D eigenvalue weighted by molar-refractivity contribution is 9.10. The van der Waals surface area contributed by atoms with Gasteiger partial charge >= 0.3 is 0 Å². The minimum Gasteiger partial charge on any atom is -0.322 e. The van der Waals surface area contributed by atoms with Gasteiger partial charge in [-0.05, 0) is 56.1 Å². The molecule has 0 atom stereocenters. The lowest BCUT2D eigenvalue weighted by Crippen LogP contribution is -2.13. The van der Waals surface area contributed by atoms with Crippen LogP contribution in [0.15, 0.2) is 45.3 Å². The highest BCUT2D eigenvalue weighted by atomic mass is 79.9. The molecule has 1 amide bonds. The molecule has 0 aliphatic heterocycles. The van der Waals surface area contributed by atoms with Crippen LogP contribution in [0.5, 0.6) is 0 Å². The van der Waals surface area contributed by atoms with E-state index in [-0.39, 0.29) is 11.3 Å². The average molecular weight is 434 g/mol. The number of anilines is 1. The number of halogens is 3. The highest BCUT2D eigenvalue weighted by Crippen LogP contribution is 2.27. The predicted molar refractivity (Wildman–Crippen MR) is 87.9 cm³/mol. The zero-order valence-corrected chi connectivity index (χ0v) is 14.2. The lowest BCUT2D eigenvalue weighted by molar-refractivity contribution is -0.384. The van der Waals surface area contributed by atoms with E-state index in [4.69, 9.17) is 11.6 Å². The summed E-state index contributed by atoms with van der Waals surface area (Å²) in [5.74, 6) is -0.459. The first kappa shape index (κ1) is 15.9. The van der Waals surface area contributed by atoms with Crippen molar-refractivity contribution in [1.82, 2.24) is 0 Å². The molecule has 0 aliphatic carbocycles. The molecule has 0 fully saturated rings. The zero-order valence-electron chi connectivity index (χ0n) is 10.3. The van der Waals surface area contributed by atoms with E-state index in [2.05, 4.69) is 37.2 Å². The van der Waals surface area contributed by atoms with Crippen LogP contribution in [0.1, 0.15) is 10.4 Å². The van der Waals surface area contributed by atoms with Gasteiger partial charge < -0.3 is 5.32 Å². The van der Waals surface area contributed by atoms with Crippen LogP contribution in [0.2, 0.25) is 5.02 Å². The fourth-order valence-electron chi connectivity index (χ4n) is 1.57. The Hall–Kier alpha value is -1.44. The van der Waals surface area contributed by atoms with Crippen molar-refractivity contribution in [3.8, 4) is 0 Å². The minimum absolute atomic E-state index is 0.152. The molecule has 21 heavy (non-hydrogen) atoms. The Bertz CT molecular complexity index is 737. The predicted octanol–water partition coefficient (Wildman–Crippen LogP) is 5.03. The summed E-state index contributed by atoms with van der Waals surface area (Å²) in [6.45, 7) is 0. The summed E-state index contributed by atoms with van der Waals surface area (Å²) in [7, 11) is 0. The van der Waals surface area contributed by atoms with Gasteiger partial charge in [0, 0.05) is 26.8 Å². The maximum absolute atomic E-state index is 12.2. The molecule has 0 saturated heterocycles. The second-order valence-corrected chi connectivity index (χ2v) is 6.12. The van der Waals surface area contributed by atoms with Crippen LogP contribution in [0.25, 0.3) is 0 Å². The number of benzene rings is 2. The molecule has 5 nitrogen and oxygen atoms in total. The van der Waals surface area contributed by atoms with E-state index in [0.29, 0.717) is 19.7 Å². The Kier molecular flexibility index (Phi) is 4.97. The molecule has 0 aromatic heterocycles. The van der Waals surface area contributed by atoms with Crippen LogP contribution in [-0.4, -0.2) is 10.8 Å². The summed E-state index contributed by atoms with van der Waals surface area (Å²) in [6, 6.07) is 8.90. The number of amides is 1. The maximum atomic E-state index is 12.2. The summed E-state index contributed by atoms with van der Waals surface area (Å²) in [5, 5.41) is 13.9. The molecule has 0 heterocycles. The molecule has 108 valence electrons. The molecule has 0 unspecified atom stereocenters. The van der Waals surface area contributed by atoms with E-state index in [0.717, 1.165) is 0 Å². The van der Waals surface area contributed by atoms with Crippen LogP contribution >= 0.6 is 43.5 Å². The Balaban J connectivity index is 2.29. The average Bonchev–Trinajstić information content (AvgIpc) is 2.43.